The van der Waals surface area contributed by atoms with E-state index in [1.807, 2.05) is 18.2 Å². The van der Waals surface area contributed by atoms with Crippen molar-refractivity contribution in [1.29, 1.82) is 0 Å². The number of benzene rings is 2. The third-order valence-electron chi connectivity index (χ3n) is 3.86. The number of carbonyl (C=O) groups is 1. The van der Waals surface area contributed by atoms with Gasteiger partial charge >= 0.3 is 0 Å². The lowest BCUT2D eigenvalue weighted by Gasteiger charge is -2.10. The highest BCUT2D eigenvalue weighted by atomic mass is 16.5. The number of amides is 1. The number of hydrogen-bond acceptors (Lipinski definition) is 4. The van der Waals surface area contributed by atoms with Crippen LogP contribution >= 0.6 is 0 Å². The van der Waals surface area contributed by atoms with Crippen LogP contribution in [-0.4, -0.2) is 25.1 Å². The topological polar surface area (TPSA) is 80.4 Å². The van der Waals surface area contributed by atoms with Gasteiger partial charge < -0.3 is 19.8 Å². The standard InChI is InChI=1S/C19H18N2O4/c1-24-14-7-12(8-15(10-14)25-2)11-20-19(23)17-9-13-5-3-4-6-16(13)18(22)21-17/h3-10H,11H2,1-2H3,(H,20,23)(H,21,22). The van der Waals surface area contributed by atoms with Gasteiger partial charge in [0.15, 0.2) is 0 Å². The predicted octanol–water partition coefficient (Wildman–Crippen LogP) is 2.48. The molecular weight excluding hydrogens is 320 g/mol. The zero-order chi connectivity index (χ0) is 17.8. The Morgan fingerprint density at radius 3 is 2.40 bits per heavy atom. The second-order valence-electron chi connectivity index (χ2n) is 5.50. The summed E-state index contributed by atoms with van der Waals surface area (Å²) in [5.74, 6) is 0.926. The summed E-state index contributed by atoms with van der Waals surface area (Å²) in [6.07, 6.45) is 0. The average molecular weight is 338 g/mol. The molecule has 25 heavy (non-hydrogen) atoms. The number of hydrogen-bond donors (Lipinski definition) is 2. The van der Waals surface area contributed by atoms with Crippen LogP contribution in [0.1, 0.15) is 16.1 Å². The Kier molecular flexibility index (Phi) is 4.70. The normalized spacial score (nSPS) is 10.5. The fourth-order valence-corrected chi connectivity index (χ4v) is 2.58. The molecule has 0 saturated heterocycles. The average Bonchev–Trinajstić information content (AvgIpc) is 2.65. The third-order valence-corrected chi connectivity index (χ3v) is 3.86. The van der Waals surface area contributed by atoms with Crippen molar-refractivity contribution < 1.29 is 14.3 Å². The first-order valence-corrected chi connectivity index (χ1v) is 7.73. The Hall–Kier alpha value is -3.28. The summed E-state index contributed by atoms with van der Waals surface area (Å²) in [5, 5.41) is 4.06. The summed E-state index contributed by atoms with van der Waals surface area (Å²) in [4.78, 5) is 27.1. The van der Waals surface area contributed by atoms with Crippen molar-refractivity contribution in [3.8, 4) is 11.5 Å². The molecule has 2 N–H and O–H groups in total. The third kappa shape index (κ3) is 3.63. The Morgan fingerprint density at radius 2 is 1.72 bits per heavy atom. The van der Waals surface area contributed by atoms with Crippen LogP contribution in [-0.2, 0) is 6.54 Å². The Balaban J connectivity index is 1.80. The molecule has 6 heteroatoms. The van der Waals surface area contributed by atoms with Gasteiger partial charge in [0.2, 0.25) is 0 Å². The molecule has 0 fully saturated rings. The zero-order valence-corrected chi connectivity index (χ0v) is 14.0. The van der Waals surface area contributed by atoms with E-state index in [1.54, 1.807) is 44.6 Å². The van der Waals surface area contributed by atoms with E-state index in [9.17, 15) is 9.59 Å². The number of aromatic amines is 1. The number of fused-ring (bicyclic) bond motifs is 1. The van der Waals surface area contributed by atoms with Crippen molar-refractivity contribution in [3.63, 3.8) is 0 Å². The van der Waals surface area contributed by atoms with E-state index in [-0.39, 0.29) is 23.7 Å². The summed E-state index contributed by atoms with van der Waals surface area (Å²) in [6, 6.07) is 14.2. The molecule has 1 amide bonds. The van der Waals surface area contributed by atoms with Gasteiger partial charge in [0.05, 0.1) is 14.2 Å². The van der Waals surface area contributed by atoms with Crippen LogP contribution in [0.15, 0.2) is 53.3 Å². The van der Waals surface area contributed by atoms with Gasteiger partial charge in [-0.3, -0.25) is 9.59 Å². The highest BCUT2D eigenvalue weighted by molar-refractivity contribution is 5.96. The molecule has 128 valence electrons. The van der Waals surface area contributed by atoms with Gasteiger partial charge in [0.25, 0.3) is 11.5 Å². The van der Waals surface area contributed by atoms with E-state index in [0.717, 1.165) is 10.9 Å². The van der Waals surface area contributed by atoms with Crippen LogP contribution in [0.2, 0.25) is 0 Å². The maximum atomic E-state index is 12.4. The Morgan fingerprint density at radius 1 is 1.04 bits per heavy atom. The Labute approximate surface area is 144 Å². The summed E-state index contributed by atoms with van der Waals surface area (Å²) in [6.45, 7) is 0.279. The van der Waals surface area contributed by atoms with Crippen LogP contribution in [0.5, 0.6) is 11.5 Å². The number of rotatable bonds is 5. The summed E-state index contributed by atoms with van der Waals surface area (Å²) in [7, 11) is 3.13. The smallest absolute Gasteiger partial charge is 0.268 e. The molecule has 0 aliphatic heterocycles. The number of carbonyl (C=O) groups excluding carboxylic acids is 1. The number of nitrogens with one attached hydrogen (secondary N) is 2. The summed E-state index contributed by atoms with van der Waals surface area (Å²) >= 11 is 0. The maximum Gasteiger partial charge on any atom is 0.268 e. The maximum absolute atomic E-state index is 12.4. The Bertz CT molecular complexity index is 956. The van der Waals surface area contributed by atoms with Gasteiger partial charge in [-0.15, -0.1) is 0 Å². The van der Waals surface area contributed by atoms with Crippen molar-refractivity contribution in [1.82, 2.24) is 10.3 Å². The minimum absolute atomic E-state index is 0.221. The molecule has 1 aromatic heterocycles. The van der Waals surface area contributed by atoms with Crippen molar-refractivity contribution in [3.05, 3.63) is 70.1 Å². The van der Waals surface area contributed by atoms with Gasteiger partial charge in [-0.2, -0.15) is 0 Å². The number of pyridine rings is 1. The molecule has 0 aliphatic carbocycles. The fourth-order valence-electron chi connectivity index (χ4n) is 2.58. The predicted molar refractivity (Wildman–Crippen MR) is 95.3 cm³/mol. The van der Waals surface area contributed by atoms with E-state index in [2.05, 4.69) is 10.3 Å². The minimum Gasteiger partial charge on any atom is -0.497 e. The first-order chi connectivity index (χ1) is 12.1. The molecule has 3 rings (SSSR count). The molecule has 0 saturated carbocycles. The molecule has 0 atom stereocenters. The second-order valence-corrected chi connectivity index (χ2v) is 5.50. The molecule has 0 aliphatic rings. The lowest BCUT2D eigenvalue weighted by molar-refractivity contribution is 0.0946. The van der Waals surface area contributed by atoms with E-state index < -0.39 is 0 Å². The molecule has 0 spiro atoms. The van der Waals surface area contributed by atoms with Crippen molar-refractivity contribution in [2.45, 2.75) is 6.54 Å². The second kappa shape index (κ2) is 7.09. The van der Waals surface area contributed by atoms with E-state index in [0.29, 0.717) is 16.9 Å². The largest absolute Gasteiger partial charge is 0.497 e. The molecule has 1 heterocycles. The number of aromatic nitrogens is 1. The monoisotopic (exact) mass is 338 g/mol. The first-order valence-electron chi connectivity index (χ1n) is 7.73. The molecule has 0 unspecified atom stereocenters. The quantitative estimate of drug-likeness (QED) is 0.749. The first kappa shape index (κ1) is 16.6. The van der Waals surface area contributed by atoms with Crippen LogP contribution in [0, 0.1) is 0 Å². The van der Waals surface area contributed by atoms with Gasteiger partial charge in [0, 0.05) is 18.0 Å². The lowest BCUT2D eigenvalue weighted by atomic mass is 10.1. The van der Waals surface area contributed by atoms with Crippen LogP contribution < -0.4 is 20.3 Å². The molecule has 6 nitrogen and oxygen atoms in total. The molecule has 0 bridgehead atoms. The van der Waals surface area contributed by atoms with Crippen LogP contribution in [0.4, 0.5) is 0 Å². The summed E-state index contributed by atoms with van der Waals surface area (Å²) in [5.41, 5.74) is 0.762. The molecule has 2 aromatic carbocycles. The molecule has 0 radical (unpaired) electrons. The molecule has 3 aromatic rings. The number of ether oxygens (including phenoxy) is 2. The molecular formula is C19H18N2O4. The van der Waals surface area contributed by atoms with Gasteiger partial charge in [-0.25, -0.2) is 0 Å². The zero-order valence-electron chi connectivity index (χ0n) is 14.0. The summed E-state index contributed by atoms with van der Waals surface area (Å²) < 4.78 is 10.4. The highest BCUT2D eigenvalue weighted by Crippen LogP contribution is 2.22. The van der Waals surface area contributed by atoms with Crippen LogP contribution in [0.25, 0.3) is 10.8 Å². The number of H-pyrrole nitrogens is 1. The fraction of sp³-hybridized carbons (Fsp3) is 0.158. The van der Waals surface area contributed by atoms with Gasteiger partial charge in [-0.05, 0) is 35.2 Å². The highest BCUT2D eigenvalue weighted by Gasteiger charge is 2.10. The minimum atomic E-state index is -0.357. The van der Waals surface area contributed by atoms with Gasteiger partial charge in [-0.1, -0.05) is 18.2 Å². The SMILES string of the molecule is COc1cc(CNC(=O)c2cc3ccccc3c(=O)[nH]2)cc(OC)c1. The van der Waals surface area contributed by atoms with Crippen molar-refractivity contribution in [2.75, 3.05) is 14.2 Å². The lowest BCUT2D eigenvalue weighted by Crippen LogP contribution is -2.26. The van der Waals surface area contributed by atoms with E-state index in [1.165, 1.54) is 0 Å². The van der Waals surface area contributed by atoms with Gasteiger partial charge in [0.1, 0.15) is 17.2 Å². The number of methoxy groups -OCH3 is 2. The van der Waals surface area contributed by atoms with Crippen molar-refractivity contribution in [2.24, 2.45) is 0 Å². The van der Waals surface area contributed by atoms with E-state index >= 15 is 0 Å². The van der Waals surface area contributed by atoms with Crippen molar-refractivity contribution >= 4 is 16.7 Å². The van der Waals surface area contributed by atoms with Crippen LogP contribution in [0.3, 0.4) is 0 Å². The van der Waals surface area contributed by atoms with E-state index in [4.69, 9.17) is 9.47 Å².